The van der Waals surface area contributed by atoms with Crippen LogP contribution in [0.15, 0.2) is 56.9 Å². The van der Waals surface area contributed by atoms with Crippen LogP contribution in [0.3, 0.4) is 0 Å². The fourth-order valence-corrected chi connectivity index (χ4v) is 4.62. The van der Waals surface area contributed by atoms with Crippen molar-refractivity contribution in [2.75, 3.05) is 4.90 Å². The summed E-state index contributed by atoms with van der Waals surface area (Å²) in [5.41, 5.74) is 12.6. The van der Waals surface area contributed by atoms with Gasteiger partial charge in [0.2, 0.25) is 11.9 Å². The Labute approximate surface area is 188 Å². The third-order valence-electron chi connectivity index (χ3n) is 5.56. The van der Waals surface area contributed by atoms with Crippen LogP contribution < -0.4 is 21.1 Å². The number of rotatable bonds is 5. The number of benzene rings is 2. The SMILES string of the molecule is NC1=NC2(CCCCC2)N(c2cc(OCc3ccccc3)c(Br)cc2[N+](=O)[O-])C(N)=N1. The fourth-order valence-electron chi connectivity index (χ4n) is 4.17. The van der Waals surface area contributed by atoms with E-state index >= 15 is 0 Å². The van der Waals surface area contributed by atoms with Crippen LogP contribution in [0.25, 0.3) is 0 Å². The van der Waals surface area contributed by atoms with Crippen molar-refractivity contribution in [1.29, 1.82) is 0 Å². The standard InChI is InChI=1S/C21H23BrN6O3/c22-15-11-17(28(29)30)16(12-18(15)31-13-14-7-3-1-4-8-14)27-20(24)25-19(23)26-21(27)9-5-2-6-10-21/h1,3-4,7-8,11-12H,2,5-6,9-10,13H2,(H4,23,24,25,26). The van der Waals surface area contributed by atoms with Gasteiger partial charge in [-0.15, -0.1) is 0 Å². The van der Waals surface area contributed by atoms with Crippen LogP contribution in [0.4, 0.5) is 11.4 Å². The van der Waals surface area contributed by atoms with Crippen LogP contribution in [-0.2, 0) is 6.61 Å². The van der Waals surface area contributed by atoms with E-state index in [1.807, 2.05) is 30.3 Å². The van der Waals surface area contributed by atoms with E-state index in [-0.39, 0.29) is 23.3 Å². The summed E-state index contributed by atoms with van der Waals surface area (Å²) < 4.78 is 6.46. The molecule has 0 saturated heterocycles. The van der Waals surface area contributed by atoms with Crippen molar-refractivity contribution in [3.05, 3.63) is 62.6 Å². The maximum Gasteiger partial charge on any atom is 0.294 e. The summed E-state index contributed by atoms with van der Waals surface area (Å²) >= 11 is 3.40. The molecule has 1 aliphatic carbocycles. The van der Waals surface area contributed by atoms with E-state index in [1.165, 1.54) is 6.07 Å². The van der Waals surface area contributed by atoms with E-state index in [2.05, 4.69) is 25.9 Å². The number of aliphatic imine (C=N–C) groups is 2. The lowest BCUT2D eigenvalue weighted by atomic mass is 9.87. The molecule has 1 saturated carbocycles. The number of nitro groups is 1. The predicted octanol–water partition coefficient (Wildman–Crippen LogP) is 4.05. The van der Waals surface area contributed by atoms with E-state index in [4.69, 9.17) is 16.2 Å². The molecule has 1 spiro atoms. The highest BCUT2D eigenvalue weighted by molar-refractivity contribution is 9.10. The van der Waals surface area contributed by atoms with Gasteiger partial charge in [-0.1, -0.05) is 36.8 Å². The molecule has 0 amide bonds. The summed E-state index contributed by atoms with van der Waals surface area (Å²) in [6.07, 6.45) is 4.26. The smallest absolute Gasteiger partial charge is 0.294 e. The van der Waals surface area contributed by atoms with Crippen LogP contribution in [0.1, 0.15) is 37.7 Å². The quantitative estimate of drug-likeness (QED) is 0.483. The second kappa shape index (κ2) is 8.54. The molecule has 2 aromatic rings. The van der Waals surface area contributed by atoms with Crippen molar-refractivity contribution >= 4 is 39.2 Å². The third kappa shape index (κ3) is 4.20. The number of halogens is 1. The summed E-state index contributed by atoms with van der Waals surface area (Å²) in [5.74, 6) is 0.649. The van der Waals surface area contributed by atoms with Gasteiger partial charge in [0.25, 0.3) is 5.69 Å². The van der Waals surface area contributed by atoms with Crippen molar-refractivity contribution in [2.24, 2.45) is 21.5 Å². The van der Waals surface area contributed by atoms with Gasteiger partial charge in [-0.05, 0) is 47.2 Å². The lowest BCUT2D eigenvalue weighted by molar-refractivity contribution is -0.384. The van der Waals surface area contributed by atoms with Crippen LogP contribution in [0.5, 0.6) is 5.75 Å². The maximum absolute atomic E-state index is 11.9. The highest BCUT2D eigenvalue weighted by Crippen LogP contribution is 2.45. The molecule has 9 nitrogen and oxygen atoms in total. The average molecular weight is 487 g/mol. The van der Waals surface area contributed by atoms with E-state index in [0.717, 1.165) is 24.8 Å². The Kier molecular flexibility index (Phi) is 5.81. The summed E-state index contributed by atoms with van der Waals surface area (Å²) in [5, 5.41) is 11.9. The molecule has 1 fully saturated rings. The van der Waals surface area contributed by atoms with Crippen LogP contribution in [-0.4, -0.2) is 22.5 Å². The number of hydrogen-bond acceptors (Lipinski definition) is 8. The van der Waals surface area contributed by atoms with Crippen molar-refractivity contribution in [2.45, 2.75) is 44.4 Å². The zero-order valence-electron chi connectivity index (χ0n) is 16.8. The number of nitrogens with zero attached hydrogens (tertiary/aromatic N) is 4. The Hall–Kier alpha value is -3.14. The van der Waals surface area contributed by atoms with Crippen molar-refractivity contribution in [1.82, 2.24) is 0 Å². The molecule has 1 aliphatic heterocycles. The molecule has 10 heteroatoms. The van der Waals surface area contributed by atoms with Crippen LogP contribution in [0.2, 0.25) is 0 Å². The zero-order chi connectivity index (χ0) is 22.0. The normalized spacial score (nSPS) is 17.8. The topological polar surface area (TPSA) is 132 Å². The second-order valence-corrected chi connectivity index (χ2v) is 8.48. The minimum atomic E-state index is -0.788. The molecule has 4 N–H and O–H groups in total. The van der Waals surface area contributed by atoms with Gasteiger partial charge in [-0.2, -0.15) is 4.99 Å². The number of hydrogen-bond donors (Lipinski definition) is 2. The summed E-state index contributed by atoms with van der Waals surface area (Å²) in [7, 11) is 0. The lowest BCUT2D eigenvalue weighted by Gasteiger charge is -2.45. The van der Waals surface area contributed by atoms with E-state index in [1.54, 1.807) is 11.0 Å². The Bertz CT molecular complexity index is 1050. The van der Waals surface area contributed by atoms with Gasteiger partial charge < -0.3 is 16.2 Å². The maximum atomic E-state index is 11.9. The molecule has 0 unspecified atom stereocenters. The summed E-state index contributed by atoms with van der Waals surface area (Å²) in [6.45, 7) is 0.316. The molecule has 0 aromatic heterocycles. The Morgan fingerprint density at radius 1 is 1.16 bits per heavy atom. The Morgan fingerprint density at radius 3 is 2.55 bits per heavy atom. The highest BCUT2D eigenvalue weighted by atomic mass is 79.9. The van der Waals surface area contributed by atoms with Crippen molar-refractivity contribution < 1.29 is 9.66 Å². The molecule has 162 valence electrons. The van der Waals surface area contributed by atoms with Gasteiger partial charge in [-0.25, -0.2) is 4.99 Å². The van der Waals surface area contributed by atoms with Gasteiger partial charge in [-0.3, -0.25) is 15.0 Å². The van der Waals surface area contributed by atoms with Crippen molar-refractivity contribution in [3.63, 3.8) is 0 Å². The highest BCUT2D eigenvalue weighted by Gasteiger charge is 2.45. The summed E-state index contributed by atoms with van der Waals surface area (Å²) in [6, 6.07) is 12.7. The zero-order valence-corrected chi connectivity index (χ0v) is 18.4. The van der Waals surface area contributed by atoms with Crippen LogP contribution >= 0.6 is 15.9 Å². The Balaban J connectivity index is 1.78. The minimum absolute atomic E-state index is 0.0915. The molecule has 4 rings (SSSR count). The first-order chi connectivity index (χ1) is 14.9. The van der Waals surface area contributed by atoms with Gasteiger partial charge in [0, 0.05) is 12.1 Å². The molecular formula is C21H23BrN6O3. The number of nitro benzene ring substituents is 1. The average Bonchev–Trinajstić information content (AvgIpc) is 2.74. The van der Waals surface area contributed by atoms with E-state index in [0.29, 0.717) is 29.7 Å². The summed E-state index contributed by atoms with van der Waals surface area (Å²) in [4.78, 5) is 21.9. The first-order valence-corrected chi connectivity index (χ1v) is 10.8. The van der Waals surface area contributed by atoms with E-state index in [9.17, 15) is 10.1 Å². The molecule has 1 heterocycles. The van der Waals surface area contributed by atoms with Crippen LogP contribution in [0, 0.1) is 10.1 Å². The van der Waals surface area contributed by atoms with Gasteiger partial charge in [0.05, 0.1) is 9.40 Å². The fraction of sp³-hybridized carbons (Fsp3) is 0.333. The number of anilines is 1. The second-order valence-electron chi connectivity index (χ2n) is 7.62. The molecule has 31 heavy (non-hydrogen) atoms. The van der Waals surface area contributed by atoms with E-state index < -0.39 is 10.6 Å². The predicted molar refractivity (Wildman–Crippen MR) is 123 cm³/mol. The molecule has 0 radical (unpaired) electrons. The third-order valence-corrected chi connectivity index (χ3v) is 6.17. The van der Waals surface area contributed by atoms with Gasteiger partial charge >= 0.3 is 0 Å². The lowest BCUT2D eigenvalue weighted by Crippen LogP contribution is -2.58. The Morgan fingerprint density at radius 2 is 1.87 bits per heavy atom. The van der Waals surface area contributed by atoms with Gasteiger partial charge in [0.1, 0.15) is 23.7 Å². The van der Waals surface area contributed by atoms with Crippen molar-refractivity contribution in [3.8, 4) is 5.75 Å². The number of ether oxygens (including phenoxy) is 1. The number of nitrogens with two attached hydrogens (primary N) is 2. The first-order valence-electron chi connectivity index (χ1n) is 10.0. The minimum Gasteiger partial charge on any atom is -0.488 e. The first kappa shape index (κ1) is 21.1. The molecular weight excluding hydrogens is 464 g/mol. The molecule has 0 bridgehead atoms. The molecule has 0 atom stereocenters. The molecule has 2 aliphatic rings. The van der Waals surface area contributed by atoms with Gasteiger partial charge in [0.15, 0.2) is 0 Å². The monoisotopic (exact) mass is 486 g/mol. The largest absolute Gasteiger partial charge is 0.488 e. The number of guanidine groups is 2. The molecule has 2 aromatic carbocycles.